The number of carbonyl (C=O) groups is 1. The van der Waals surface area contributed by atoms with Gasteiger partial charge in [-0.25, -0.2) is 0 Å². The van der Waals surface area contributed by atoms with Crippen LogP contribution in [0.3, 0.4) is 0 Å². The van der Waals surface area contributed by atoms with Crippen molar-refractivity contribution in [3.05, 3.63) is 103 Å². The Balaban J connectivity index is 1.62. The fourth-order valence-electron chi connectivity index (χ4n) is 3.22. The molecule has 1 amide bonds. The molecule has 0 saturated carbocycles. The van der Waals surface area contributed by atoms with Gasteiger partial charge < -0.3 is 5.32 Å². The van der Waals surface area contributed by atoms with Gasteiger partial charge in [-0.1, -0.05) is 82.4 Å². The molecule has 1 heterocycles. The van der Waals surface area contributed by atoms with Crippen molar-refractivity contribution >= 4 is 64.1 Å². The Morgan fingerprint density at radius 1 is 0.941 bits per heavy atom. The third-order valence-electron chi connectivity index (χ3n) is 5.06. The van der Waals surface area contributed by atoms with Crippen molar-refractivity contribution in [2.75, 3.05) is 0 Å². The van der Waals surface area contributed by atoms with E-state index in [9.17, 15) is 4.79 Å². The smallest absolute Gasteiger partial charge is 0.251 e. The summed E-state index contributed by atoms with van der Waals surface area (Å²) >= 11 is 26.3. The van der Waals surface area contributed by atoms with Crippen molar-refractivity contribution in [1.82, 2.24) is 20.1 Å². The summed E-state index contributed by atoms with van der Waals surface area (Å²) < 4.78 is 1.81. The number of aryl methyl sites for hydroxylation is 1. The van der Waals surface area contributed by atoms with Gasteiger partial charge in [-0.05, 0) is 54.4 Å². The average molecular weight is 552 g/mol. The molecule has 0 aliphatic rings. The summed E-state index contributed by atoms with van der Waals surface area (Å²) in [6.45, 7) is 2.18. The van der Waals surface area contributed by atoms with Crippen LogP contribution in [0.2, 0.25) is 20.1 Å². The summed E-state index contributed by atoms with van der Waals surface area (Å²) in [5.41, 5.74) is 3.39. The zero-order valence-electron chi connectivity index (χ0n) is 17.9. The van der Waals surface area contributed by atoms with E-state index >= 15 is 0 Å². The molecule has 174 valence electrons. The van der Waals surface area contributed by atoms with E-state index in [0.29, 0.717) is 48.1 Å². The van der Waals surface area contributed by atoms with Gasteiger partial charge in [0.1, 0.15) is 0 Å². The standard InChI is InChI=1S/C24H18Cl4N4OS/c1-14-4-2-3-5-16(14)13-34-24-31-30-22(32(24)21-11-17(25)7-9-19(21)27)12-29-23(33)15-6-8-18(26)20(28)10-15/h2-11H,12-13H2,1H3,(H,29,33). The zero-order valence-corrected chi connectivity index (χ0v) is 21.7. The quantitative estimate of drug-likeness (QED) is 0.243. The molecule has 0 unspecified atom stereocenters. The minimum Gasteiger partial charge on any atom is -0.345 e. The Morgan fingerprint density at radius 2 is 1.71 bits per heavy atom. The molecule has 5 nitrogen and oxygen atoms in total. The third kappa shape index (κ3) is 5.70. The molecule has 34 heavy (non-hydrogen) atoms. The van der Waals surface area contributed by atoms with Crippen LogP contribution in [-0.2, 0) is 12.3 Å². The molecule has 0 aliphatic heterocycles. The molecule has 0 radical (unpaired) electrons. The summed E-state index contributed by atoms with van der Waals surface area (Å²) in [4.78, 5) is 12.7. The molecule has 0 spiro atoms. The molecule has 0 fully saturated rings. The molecule has 0 bridgehead atoms. The minimum absolute atomic E-state index is 0.111. The van der Waals surface area contributed by atoms with E-state index in [2.05, 4.69) is 34.6 Å². The number of rotatable bonds is 7. The summed E-state index contributed by atoms with van der Waals surface area (Å²) in [5.74, 6) is 0.878. The lowest BCUT2D eigenvalue weighted by atomic mass is 10.1. The Labute approximate surface area is 221 Å². The first-order chi connectivity index (χ1) is 16.3. The molecule has 4 rings (SSSR count). The van der Waals surface area contributed by atoms with Crippen LogP contribution in [0.4, 0.5) is 0 Å². The van der Waals surface area contributed by atoms with Crippen LogP contribution in [0.5, 0.6) is 0 Å². The first-order valence-electron chi connectivity index (χ1n) is 10.1. The van der Waals surface area contributed by atoms with Gasteiger partial charge in [0, 0.05) is 16.3 Å². The van der Waals surface area contributed by atoms with Gasteiger partial charge in [0.15, 0.2) is 11.0 Å². The molecule has 4 aromatic rings. The number of halogens is 4. The second-order valence-electron chi connectivity index (χ2n) is 7.36. The highest BCUT2D eigenvalue weighted by molar-refractivity contribution is 7.98. The van der Waals surface area contributed by atoms with Gasteiger partial charge >= 0.3 is 0 Å². The monoisotopic (exact) mass is 550 g/mol. The van der Waals surface area contributed by atoms with Gasteiger partial charge in [0.05, 0.1) is 27.3 Å². The molecule has 1 aromatic heterocycles. The van der Waals surface area contributed by atoms with Crippen LogP contribution in [-0.4, -0.2) is 20.7 Å². The van der Waals surface area contributed by atoms with E-state index in [1.165, 1.54) is 29.0 Å². The summed E-state index contributed by atoms with van der Waals surface area (Å²) in [5, 5.41) is 13.9. The molecule has 1 N–H and O–H groups in total. The van der Waals surface area contributed by atoms with Crippen molar-refractivity contribution in [2.45, 2.75) is 24.4 Å². The maximum atomic E-state index is 12.7. The van der Waals surface area contributed by atoms with Crippen LogP contribution >= 0.6 is 58.2 Å². The predicted molar refractivity (Wildman–Crippen MR) is 140 cm³/mol. The highest BCUT2D eigenvalue weighted by Gasteiger charge is 2.19. The highest BCUT2D eigenvalue weighted by Crippen LogP contribution is 2.31. The van der Waals surface area contributed by atoms with Crippen LogP contribution in [0, 0.1) is 6.92 Å². The molecule has 3 aromatic carbocycles. The predicted octanol–water partition coefficient (Wildman–Crippen LogP) is 7.41. The molecule has 0 aliphatic carbocycles. The SMILES string of the molecule is Cc1ccccc1CSc1nnc(CNC(=O)c2ccc(Cl)c(Cl)c2)n1-c1cc(Cl)ccc1Cl. The lowest BCUT2D eigenvalue weighted by Gasteiger charge is -2.13. The normalized spacial score (nSPS) is 11.0. The molecule has 10 heteroatoms. The number of nitrogens with one attached hydrogen (secondary N) is 1. The van der Waals surface area contributed by atoms with Crippen LogP contribution in [0.15, 0.2) is 65.8 Å². The second-order valence-corrected chi connectivity index (χ2v) is 9.96. The van der Waals surface area contributed by atoms with E-state index in [1.807, 2.05) is 16.7 Å². The first kappa shape index (κ1) is 24.9. The maximum Gasteiger partial charge on any atom is 0.251 e. The Kier molecular flexibility index (Phi) is 8.06. The number of hydrogen-bond acceptors (Lipinski definition) is 4. The Hall–Kier alpha value is -2.22. The lowest BCUT2D eigenvalue weighted by Crippen LogP contribution is -2.24. The number of aromatic nitrogens is 3. The largest absolute Gasteiger partial charge is 0.345 e. The van der Waals surface area contributed by atoms with Crippen molar-refractivity contribution < 1.29 is 4.79 Å². The van der Waals surface area contributed by atoms with E-state index in [1.54, 1.807) is 30.3 Å². The van der Waals surface area contributed by atoms with E-state index in [0.717, 1.165) is 0 Å². The van der Waals surface area contributed by atoms with Crippen molar-refractivity contribution in [3.63, 3.8) is 0 Å². The fourth-order valence-corrected chi connectivity index (χ4v) is 4.93. The third-order valence-corrected chi connectivity index (χ3v) is 7.33. The molecular formula is C24H18Cl4N4OS. The van der Waals surface area contributed by atoms with Gasteiger partial charge in [-0.15, -0.1) is 10.2 Å². The topological polar surface area (TPSA) is 59.8 Å². The van der Waals surface area contributed by atoms with Crippen molar-refractivity contribution in [3.8, 4) is 5.69 Å². The fraction of sp³-hybridized carbons (Fsp3) is 0.125. The number of nitrogens with zero attached hydrogens (tertiary/aromatic N) is 3. The van der Waals surface area contributed by atoms with E-state index in [-0.39, 0.29) is 12.5 Å². The van der Waals surface area contributed by atoms with Gasteiger partial charge in [0.2, 0.25) is 0 Å². The lowest BCUT2D eigenvalue weighted by molar-refractivity contribution is 0.0949. The molecule has 0 atom stereocenters. The zero-order chi connectivity index (χ0) is 24.2. The van der Waals surface area contributed by atoms with E-state index in [4.69, 9.17) is 46.4 Å². The van der Waals surface area contributed by atoms with E-state index < -0.39 is 0 Å². The summed E-state index contributed by atoms with van der Waals surface area (Å²) in [7, 11) is 0. The van der Waals surface area contributed by atoms with Gasteiger partial charge in [-0.2, -0.15) is 0 Å². The minimum atomic E-state index is -0.320. The van der Waals surface area contributed by atoms with Gasteiger partial charge in [-0.3, -0.25) is 9.36 Å². The van der Waals surface area contributed by atoms with Crippen molar-refractivity contribution in [2.24, 2.45) is 0 Å². The highest BCUT2D eigenvalue weighted by atomic mass is 35.5. The number of thioether (sulfide) groups is 1. The van der Waals surface area contributed by atoms with Gasteiger partial charge in [0.25, 0.3) is 5.91 Å². The average Bonchev–Trinajstić information content (AvgIpc) is 3.22. The van der Waals surface area contributed by atoms with Crippen LogP contribution in [0.25, 0.3) is 5.69 Å². The Bertz CT molecular complexity index is 1360. The number of hydrogen-bond donors (Lipinski definition) is 1. The number of amides is 1. The number of carbonyl (C=O) groups excluding carboxylic acids is 1. The Morgan fingerprint density at radius 3 is 2.47 bits per heavy atom. The first-order valence-corrected chi connectivity index (χ1v) is 12.6. The molecule has 0 saturated heterocycles. The second kappa shape index (κ2) is 11.0. The molecular weight excluding hydrogens is 534 g/mol. The van der Waals surface area contributed by atoms with Crippen LogP contribution in [0.1, 0.15) is 27.3 Å². The number of benzene rings is 3. The summed E-state index contributed by atoms with van der Waals surface area (Å²) in [6, 6.07) is 18.0. The summed E-state index contributed by atoms with van der Waals surface area (Å²) in [6.07, 6.45) is 0. The van der Waals surface area contributed by atoms with Crippen LogP contribution < -0.4 is 5.32 Å². The maximum absolute atomic E-state index is 12.7. The van der Waals surface area contributed by atoms with Crippen molar-refractivity contribution in [1.29, 1.82) is 0 Å².